The van der Waals surface area contributed by atoms with Gasteiger partial charge in [-0.15, -0.1) is 0 Å². The molecule has 2 saturated heterocycles. The minimum absolute atomic E-state index is 0.162. The van der Waals surface area contributed by atoms with E-state index in [9.17, 15) is 0 Å². The van der Waals surface area contributed by atoms with Crippen molar-refractivity contribution in [1.29, 1.82) is 0 Å². The van der Waals surface area contributed by atoms with Gasteiger partial charge >= 0.3 is 129 Å². The Hall–Kier alpha value is -2.42. The number of anilines is 3. The SMILES string of the molecule is B=CN1C2CCC1CN(c1ccnc(Nc3cnn(CCCO)c3)n1)C2. The number of hydrogen-bond donors (Lipinski definition) is 2. The van der Waals surface area contributed by atoms with E-state index in [1.165, 1.54) is 12.8 Å². The number of aliphatic hydroxyl groups excluding tert-OH is 1. The van der Waals surface area contributed by atoms with Crippen molar-refractivity contribution in [2.24, 2.45) is 0 Å². The Kier molecular flexibility index (Phi) is 4.88. The Morgan fingerprint density at radius 2 is 2.12 bits per heavy atom. The Morgan fingerprint density at radius 3 is 2.85 bits per heavy atom. The zero-order valence-corrected chi connectivity index (χ0v) is 14.8. The number of nitrogens with zero attached hydrogens (tertiary/aromatic N) is 6. The van der Waals surface area contributed by atoms with E-state index in [0.29, 0.717) is 31.0 Å². The summed E-state index contributed by atoms with van der Waals surface area (Å²) in [4.78, 5) is 13.8. The van der Waals surface area contributed by atoms with Crippen LogP contribution in [0.1, 0.15) is 19.3 Å². The normalized spacial score (nSPS) is 21.8. The molecule has 2 aliphatic rings. The van der Waals surface area contributed by atoms with Crippen molar-refractivity contribution >= 4 is 31.0 Å². The summed E-state index contributed by atoms with van der Waals surface area (Å²) in [7, 11) is 3.95. The van der Waals surface area contributed by atoms with Gasteiger partial charge in [-0.1, -0.05) is 0 Å². The van der Waals surface area contributed by atoms with Crippen molar-refractivity contribution in [3.63, 3.8) is 0 Å². The topological polar surface area (TPSA) is 82.3 Å². The summed E-state index contributed by atoms with van der Waals surface area (Å²) >= 11 is 0. The molecule has 0 spiro atoms. The molecule has 9 heteroatoms. The first-order valence-corrected chi connectivity index (χ1v) is 9.15. The molecular formula is C17H24BN7O. The molecule has 0 amide bonds. The third-order valence-corrected chi connectivity index (χ3v) is 5.15. The van der Waals surface area contributed by atoms with Crippen molar-refractivity contribution in [2.45, 2.75) is 37.9 Å². The molecule has 8 nitrogen and oxygen atoms in total. The zero-order chi connectivity index (χ0) is 17.9. The van der Waals surface area contributed by atoms with E-state index >= 15 is 0 Å². The molecule has 0 saturated carbocycles. The van der Waals surface area contributed by atoms with Crippen LogP contribution in [0.4, 0.5) is 17.5 Å². The number of aromatic nitrogens is 4. The zero-order valence-electron chi connectivity index (χ0n) is 14.8. The average molecular weight is 353 g/mol. The Morgan fingerprint density at radius 1 is 1.31 bits per heavy atom. The number of aryl methyl sites for hydroxylation is 1. The summed E-state index contributed by atoms with van der Waals surface area (Å²) < 4.78 is 1.80. The second-order valence-corrected chi connectivity index (χ2v) is 6.85. The molecule has 2 unspecified atom stereocenters. The first-order valence-electron chi connectivity index (χ1n) is 9.15. The average Bonchev–Trinajstić information content (AvgIpc) is 3.20. The number of rotatable bonds is 7. The number of nitrogens with one attached hydrogen (secondary N) is 1. The molecule has 2 aliphatic heterocycles. The number of hydrogen-bond acceptors (Lipinski definition) is 7. The van der Waals surface area contributed by atoms with Crippen molar-refractivity contribution in [3.05, 3.63) is 24.7 Å². The van der Waals surface area contributed by atoms with Crippen LogP contribution in [0, 0.1) is 0 Å². The molecule has 4 rings (SSSR count). The fourth-order valence-corrected chi connectivity index (χ4v) is 3.92. The van der Waals surface area contributed by atoms with E-state index in [1.807, 2.05) is 18.4 Å². The fraction of sp³-hybridized carbons (Fsp3) is 0.529. The van der Waals surface area contributed by atoms with Gasteiger partial charge in [-0.3, -0.25) is 0 Å². The maximum absolute atomic E-state index is 8.91. The number of piperazine rings is 1. The van der Waals surface area contributed by atoms with Crippen molar-refractivity contribution < 1.29 is 5.11 Å². The van der Waals surface area contributed by atoms with E-state index in [1.54, 1.807) is 17.1 Å². The van der Waals surface area contributed by atoms with Crippen LogP contribution in [0.15, 0.2) is 24.7 Å². The summed E-state index contributed by atoms with van der Waals surface area (Å²) in [5.41, 5.74) is 0.844. The molecule has 4 heterocycles. The van der Waals surface area contributed by atoms with Gasteiger partial charge in [-0.25, -0.2) is 0 Å². The molecule has 26 heavy (non-hydrogen) atoms. The summed E-state index contributed by atoms with van der Waals surface area (Å²) in [5.74, 6) is 1.53. The van der Waals surface area contributed by atoms with Crippen LogP contribution >= 0.6 is 0 Å². The second kappa shape index (κ2) is 7.45. The molecule has 2 N–H and O–H groups in total. The monoisotopic (exact) mass is 353 g/mol. The van der Waals surface area contributed by atoms with Crippen LogP contribution in [-0.2, 0) is 6.54 Å². The van der Waals surface area contributed by atoms with E-state index in [0.717, 1.165) is 24.6 Å². The van der Waals surface area contributed by atoms with Crippen LogP contribution in [0.25, 0.3) is 0 Å². The van der Waals surface area contributed by atoms with Gasteiger partial charge in [-0.05, 0) is 6.42 Å². The first-order chi connectivity index (χ1) is 12.8. The molecule has 2 fully saturated rings. The van der Waals surface area contributed by atoms with Crippen molar-refractivity contribution in [1.82, 2.24) is 24.6 Å². The molecule has 2 aromatic heterocycles. The van der Waals surface area contributed by atoms with Gasteiger partial charge in [0.1, 0.15) is 0 Å². The standard InChI is InChI=1S/C17H24BN7O/c18-12-25-14-2-3-15(25)11-23(10-14)16-4-5-19-17(22-16)21-13-8-20-24(9-13)6-1-7-26/h4-5,8-9,12,14-15,18,26H,1-3,6-7,10-11H2,(H,19,21,22). The van der Waals surface area contributed by atoms with Gasteiger partial charge in [0, 0.05) is 13.2 Å². The van der Waals surface area contributed by atoms with E-state index < -0.39 is 0 Å². The van der Waals surface area contributed by atoms with Crippen LogP contribution in [0.5, 0.6) is 0 Å². The molecule has 0 radical (unpaired) electrons. The molecular weight excluding hydrogens is 329 g/mol. The summed E-state index contributed by atoms with van der Waals surface area (Å²) in [6, 6.07) is 3.03. The Balaban J connectivity index is 1.44. The predicted molar refractivity (Wildman–Crippen MR) is 103 cm³/mol. The third-order valence-electron chi connectivity index (χ3n) is 5.15. The van der Waals surface area contributed by atoms with Gasteiger partial charge in [-0.2, -0.15) is 0 Å². The van der Waals surface area contributed by atoms with Crippen molar-refractivity contribution in [2.75, 3.05) is 29.9 Å². The molecule has 2 atom stereocenters. The van der Waals surface area contributed by atoms with Gasteiger partial charge in [0.2, 0.25) is 0 Å². The van der Waals surface area contributed by atoms with Gasteiger partial charge in [0.25, 0.3) is 0 Å². The van der Waals surface area contributed by atoms with E-state index in [2.05, 4.69) is 32.7 Å². The maximum atomic E-state index is 8.91. The minimum atomic E-state index is 0.162. The van der Waals surface area contributed by atoms with Crippen LogP contribution in [0.2, 0.25) is 0 Å². The van der Waals surface area contributed by atoms with Gasteiger partial charge in [0.05, 0.1) is 0 Å². The van der Waals surface area contributed by atoms with Gasteiger partial charge in [0.15, 0.2) is 0 Å². The third kappa shape index (κ3) is 3.44. The van der Waals surface area contributed by atoms with E-state index in [-0.39, 0.29) is 6.61 Å². The predicted octanol–water partition coefficient (Wildman–Crippen LogP) is 0.113. The molecule has 0 aromatic carbocycles. The molecule has 136 valence electrons. The summed E-state index contributed by atoms with van der Waals surface area (Å²) in [6.45, 7) is 2.79. The van der Waals surface area contributed by atoms with Crippen LogP contribution in [0.3, 0.4) is 0 Å². The summed E-state index contributed by atoms with van der Waals surface area (Å²) in [5, 5.41) is 16.4. The first kappa shape index (κ1) is 17.0. The van der Waals surface area contributed by atoms with Gasteiger partial charge < -0.3 is 5.11 Å². The van der Waals surface area contributed by atoms with E-state index in [4.69, 9.17) is 10.1 Å². The van der Waals surface area contributed by atoms with Crippen LogP contribution in [-0.4, -0.2) is 75.1 Å². The van der Waals surface area contributed by atoms with Crippen molar-refractivity contribution in [3.8, 4) is 0 Å². The van der Waals surface area contributed by atoms with Crippen LogP contribution < -0.4 is 10.2 Å². The quantitative estimate of drug-likeness (QED) is 0.684. The number of aliphatic hydroxyl groups is 1. The molecule has 0 aliphatic carbocycles. The Labute approximate surface area is 153 Å². The Bertz CT molecular complexity index is 753. The number of fused-ring (bicyclic) bond motifs is 2. The molecule has 2 bridgehead atoms. The molecule has 2 aromatic rings. The second-order valence-electron chi connectivity index (χ2n) is 6.85. The summed E-state index contributed by atoms with van der Waals surface area (Å²) in [6.07, 6.45) is 10.5. The fourth-order valence-electron chi connectivity index (χ4n) is 3.92.